The van der Waals surface area contributed by atoms with Gasteiger partial charge in [0.05, 0.1) is 24.6 Å². The molecule has 0 radical (unpaired) electrons. The average molecular weight is 386 g/mol. The highest BCUT2D eigenvalue weighted by Crippen LogP contribution is 2.34. The molecule has 1 aliphatic heterocycles. The number of amides is 3. The van der Waals surface area contributed by atoms with Gasteiger partial charge in [-0.3, -0.25) is 24.1 Å². The van der Waals surface area contributed by atoms with Crippen molar-refractivity contribution in [3.8, 4) is 5.75 Å². The third-order valence-corrected chi connectivity index (χ3v) is 4.88. The van der Waals surface area contributed by atoms with Crippen LogP contribution in [0.15, 0.2) is 30.4 Å². The topological polar surface area (TPSA) is 102 Å². The molecule has 8 heteroatoms. The van der Waals surface area contributed by atoms with Gasteiger partial charge in [-0.15, -0.1) is 0 Å². The summed E-state index contributed by atoms with van der Waals surface area (Å²) >= 11 is 0. The lowest BCUT2D eigenvalue weighted by molar-refractivity contribution is -0.154. The third kappa shape index (κ3) is 4.05. The van der Waals surface area contributed by atoms with E-state index in [4.69, 9.17) is 9.47 Å². The number of carbonyl (C=O) groups excluding carboxylic acids is 4. The lowest BCUT2D eigenvalue weighted by Gasteiger charge is -2.14. The largest absolute Gasteiger partial charge is 0.495 e. The maximum absolute atomic E-state index is 12.3. The molecule has 0 spiro atoms. The van der Waals surface area contributed by atoms with Crippen LogP contribution in [0.4, 0.5) is 5.69 Å². The Morgan fingerprint density at radius 3 is 2.39 bits per heavy atom. The highest BCUT2D eigenvalue weighted by atomic mass is 16.5. The van der Waals surface area contributed by atoms with Gasteiger partial charge in [0.15, 0.2) is 6.61 Å². The van der Waals surface area contributed by atoms with Crippen LogP contribution in [0.1, 0.15) is 18.4 Å². The molecule has 1 N–H and O–H groups in total. The van der Waals surface area contributed by atoms with Gasteiger partial charge in [0.2, 0.25) is 11.8 Å². The Kier molecular flexibility index (Phi) is 5.77. The van der Waals surface area contributed by atoms with Crippen molar-refractivity contribution in [2.24, 2.45) is 11.8 Å². The maximum Gasteiger partial charge on any atom is 0.326 e. The summed E-state index contributed by atoms with van der Waals surface area (Å²) in [4.78, 5) is 49.7. The van der Waals surface area contributed by atoms with Gasteiger partial charge in [0.1, 0.15) is 12.3 Å². The summed E-state index contributed by atoms with van der Waals surface area (Å²) in [6, 6.07) is 5.29. The van der Waals surface area contributed by atoms with Crippen LogP contribution in [-0.4, -0.2) is 48.9 Å². The summed E-state index contributed by atoms with van der Waals surface area (Å²) in [5, 5.41) is 2.61. The van der Waals surface area contributed by atoms with Crippen molar-refractivity contribution < 1.29 is 28.7 Å². The zero-order valence-electron chi connectivity index (χ0n) is 15.8. The molecule has 0 aromatic heterocycles. The molecule has 1 saturated heterocycles. The monoisotopic (exact) mass is 386 g/mol. The maximum atomic E-state index is 12.3. The van der Waals surface area contributed by atoms with E-state index in [1.165, 1.54) is 7.11 Å². The molecule has 0 saturated carbocycles. The van der Waals surface area contributed by atoms with Crippen LogP contribution < -0.4 is 10.1 Å². The summed E-state index contributed by atoms with van der Waals surface area (Å²) in [6.07, 6.45) is 4.75. The van der Waals surface area contributed by atoms with E-state index >= 15 is 0 Å². The minimum atomic E-state index is -0.806. The SMILES string of the molecule is COc1ccc(C)cc1NC(=O)COC(=O)CN1C(=O)[C@@H]2CC=CC[C@H]2C1=O. The second kappa shape index (κ2) is 8.24. The van der Waals surface area contributed by atoms with Crippen LogP contribution in [0.2, 0.25) is 0 Å². The molecular weight excluding hydrogens is 364 g/mol. The summed E-state index contributed by atoms with van der Waals surface area (Å²) < 4.78 is 10.1. The van der Waals surface area contributed by atoms with Crippen molar-refractivity contribution in [1.82, 2.24) is 4.90 Å². The Balaban J connectivity index is 1.52. The first kappa shape index (κ1) is 19.6. The molecule has 1 heterocycles. The van der Waals surface area contributed by atoms with E-state index in [0.29, 0.717) is 24.3 Å². The fourth-order valence-corrected chi connectivity index (χ4v) is 3.45. The first-order chi connectivity index (χ1) is 13.4. The first-order valence-corrected chi connectivity index (χ1v) is 9.01. The Morgan fingerprint density at radius 1 is 1.14 bits per heavy atom. The quantitative estimate of drug-likeness (QED) is 0.451. The number of esters is 1. The molecule has 8 nitrogen and oxygen atoms in total. The Bertz CT molecular complexity index is 821. The number of likely N-dealkylation sites (tertiary alicyclic amines) is 1. The molecule has 0 unspecified atom stereocenters. The van der Waals surface area contributed by atoms with Gasteiger partial charge >= 0.3 is 5.97 Å². The van der Waals surface area contributed by atoms with Crippen molar-refractivity contribution in [3.63, 3.8) is 0 Å². The van der Waals surface area contributed by atoms with Crippen molar-refractivity contribution in [3.05, 3.63) is 35.9 Å². The lowest BCUT2D eigenvalue weighted by atomic mass is 9.85. The molecule has 2 aliphatic rings. The number of hydrogen-bond acceptors (Lipinski definition) is 6. The number of allylic oxidation sites excluding steroid dienone is 2. The smallest absolute Gasteiger partial charge is 0.326 e. The average Bonchev–Trinajstić information content (AvgIpc) is 2.92. The van der Waals surface area contributed by atoms with E-state index in [1.807, 2.05) is 25.1 Å². The van der Waals surface area contributed by atoms with Crippen LogP contribution in [0, 0.1) is 18.8 Å². The first-order valence-electron chi connectivity index (χ1n) is 9.01. The van der Waals surface area contributed by atoms with E-state index in [0.717, 1.165) is 10.5 Å². The summed E-state index contributed by atoms with van der Waals surface area (Å²) in [5.74, 6) is -2.39. The Labute approximate surface area is 162 Å². The Morgan fingerprint density at radius 2 is 1.79 bits per heavy atom. The predicted octanol–water partition coefficient (Wildman–Crippen LogP) is 1.44. The summed E-state index contributed by atoms with van der Waals surface area (Å²) in [5.41, 5.74) is 1.39. The van der Waals surface area contributed by atoms with Crippen molar-refractivity contribution in [2.45, 2.75) is 19.8 Å². The second-order valence-electron chi connectivity index (χ2n) is 6.83. The third-order valence-electron chi connectivity index (χ3n) is 4.88. The van der Waals surface area contributed by atoms with Gasteiger partial charge in [-0.1, -0.05) is 18.2 Å². The second-order valence-corrected chi connectivity index (χ2v) is 6.83. The number of benzene rings is 1. The minimum absolute atomic E-state index is 0.356. The van der Waals surface area contributed by atoms with Crippen LogP contribution in [-0.2, 0) is 23.9 Å². The van der Waals surface area contributed by atoms with Gasteiger partial charge in [0.25, 0.3) is 5.91 Å². The number of fused-ring (bicyclic) bond motifs is 1. The van der Waals surface area contributed by atoms with E-state index < -0.39 is 36.9 Å². The van der Waals surface area contributed by atoms with Gasteiger partial charge < -0.3 is 14.8 Å². The zero-order chi connectivity index (χ0) is 20.3. The number of aryl methyl sites for hydroxylation is 1. The van der Waals surface area contributed by atoms with Gasteiger partial charge in [-0.2, -0.15) is 0 Å². The Hall–Kier alpha value is -3.16. The highest BCUT2D eigenvalue weighted by Gasteiger charge is 2.47. The van der Waals surface area contributed by atoms with Gasteiger partial charge in [-0.25, -0.2) is 0 Å². The van der Waals surface area contributed by atoms with Crippen LogP contribution >= 0.6 is 0 Å². The molecule has 2 atom stereocenters. The van der Waals surface area contributed by atoms with E-state index in [1.54, 1.807) is 12.1 Å². The van der Waals surface area contributed by atoms with Gasteiger partial charge in [0, 0.05) is 0 Å². The molecule has 148 valence electrons. The number of rotatable bonds is 6. The van der Waals surface area contributed by atoms with Gasteiger partial charge in [-0.05, 0) is 37.5 Å². The van der Waals surface area contributed by atoms with Crippen LogP contribution in [0.25, 0.3) is 0 Å². The molecule has 28 heavy (non-hydrogen) atoms. The minimum Gasteiger partial charge on any atom is -0.495 e. The number of nitrogens with one attached hydrogen (secondary N) is 1. The number of carbonyl (C=O) groups is 4. The number of hydrogen-bond donors (Lipinski definition) is 1. The zero-order valence-corrected chi connectivity index (χ0v) is 15.8. The molecule has 3 rings (SSSR count). The van der Waals surface area contributed by atoms with Crippen molar-refractivity contribution in [1.29, 1.82) is 0 Å². The predicted molar refractivity (Wildman–Crippen MR) is 99.4 cm³/mol. The van der Waals surface area contributed by atoms with Crippen molar-refractivity contribution >= 4 is 29.4 Å². The molecule has 1 fully saturated rings. The van der Waals surface area contributed by atoms with Crippen LogP contribution in [0.5, 0.6) is 5.75 Å². The molecule has 1 aliphatic carbocycles. The number of ether oxygens (including phenoxy) is 2. The molecule has 0 bridgehead atoms. The summed E-state index contributed by atoms with van der Waals surface area (Å²) in [6.45, 7) is 0.860. The van der Waals surface area contributed by atoms with Crippen molar-refractivity contribution in [2.75, 3.05) is 25.6 Å². The number of methoxy groups -OCH3 is 1. The molecule has 3 amide bonds. The molecule has 1 aromatic carbocycles. The fraction of sp³-hybridized carbons (Fsp3) is 0.400. The molecular formula is C20H22N2O6. The van der Waals surface area contributed by atoms with E-state index in [9.17, 15) is 19.2 Å². The lowest BCUT2D eigenvalue weighted by Crippen LogP contribution is -2.37. The number of imide groups is 1. The number of anilines is 1. The van der Waals surface area contributed by atoms with E-state index in [-0.39, 0.29) is 11.8 Å². The number of nitrogens with zero attached hydrogens (tertiary/aromatic N) is 1. The van der Waals surface area contributed by atoms with E-state index in [2.05, 4.69) is 5.32 Å². The van der Waals surface area contributed by atoms with Crippen LogP contribution in [0.3, 0.4) is 0 Å². The molecule has 1 aromatic rings. The normalized spacial score (nSPS) is 20.7. The highest BCUT2D eigenvalue weighted by molar-refractivity contribution is 6.07. The fourth-order valence-electron chi connectivity index (χ4n) is 3.45. The summed E-state index contributed by atoms with van der Waals surface area (Å²) in [7, 11) is 1.48. The standard InChI is InChI=1S/C20H22N2O6/c1-12-7-8-16(27-2)15(9-12)21-17(23)11-28-18(24)10-22-19(25)13-5-3-4-6-14(13)20(22)26/h3-4,7-9,13-14H,5-6,10-11H2,1-2H3,(H,21,23)/t13-,14-/m1/s1.